The molecule has 0 unspecified atom stereocenters. The average molecular weight is 248 g/mol. The van der Waals surface area contributed by atoms with E-state index in [0.29, 0.717) is 5.56 Å². The summed E-state index contributed by atoms with van der Waals surface area (Å²) < 4.78 is 14.0. The quantitative estimate of drug-likeness (QED) is 0.587. The first-order chi connectivity index (χ1) is 9.36. The SMILES string of the molecule is Fc1ccccc1-c1ccccc1-c1ccccc1. The van der Waals surface area contributed by atoms with Crippen LogP contribution in [0.4, 0.5) is 4.39 Å². The van der Waals surface area contributed by atoms with Crippen LogP contribution in [0.5, 0.6) is 0 Å². The van der Waals surface area contributed by atoms with Gasteiger partial charge in [-0.05, 0) is 22.8 Å². The molecule has 0 nitrogen and oxygen atoms in total. The second-order valence-electron chi connectivity index (χ2n) is 4.39. The molecule has 0 aliphatic carbocycles. The maximum absolute atomic E-state index is 14.0. The molecule has 0 aliphatic heterocycles. The summed E-state index contributed by atoms with van der Waals surface area (Å²) in [6.45, 7) is 0. The Bertz CT molecular complexity index is 687. The van der Waals surface area contributed by atoms with E-state index in [2.05, 4.69) is 0 Å². The third-order valence-electron chi connectivity index (χ3n) is 3.18. The van der Waals surface area contributed by atoms with Crippen molar-refractivity contribution in [1.29, 1.82) is 0 Å². The Balaban J connectivity index is 2.21. The van der Waals surface area contributed by atoms with Crippen molar-refractivity contribution in [2.24, 2.45) is 0 Å². The number of hydrogen-bond donors (Lipinski definition) is 0. The molecule has 0 fully saturated rings. The van der Waals surface area contributed by atoms with E-state index in [4.69, 9.17) is 0 Å². The van der Waals surface area contributed by atoms with E-state index in [9.17, 15) is 4.39 Å². The van der Waals surface area contributed by atoms with Crippen LogP contribution < -0.4 is 0 Å². The van der Waals surface area contributed by atoms with Crippen LogP contribution >= 0.6 is 0 Å². The lowest BCUT2D eigenvalue weighted by Crippen LogP contribution is -1.87. The monoisotopic (exact) mass is 248 g/mol. The lowest BCUT2D eigenvalue weighted by Gasteiger charge is -2.10. The maximum atomic E-state index is 14.0. The molecule has 92 valence electrons. The smallest absolute Gasteiger partial charge is 0.131 e. The van der Waals surface area contributed by atoms with Crippen molar-refractivity contribution in [3.63, 3.8) is 0 Å². The van der Waals surface area contributed by atoms with Crippen molar-refractivity contribution in [2.45, 2.75) is 0 Å². The molecule has 0 heterocycles. The van der Waals surface area contributed by atoms with Gasteiger partial charge in [0.15, 0.2) is 0 Å². The van der Waals surface area contributed by atoms with Crippen molar-refractivity contribution in [1.82, 2.24) is 0 Å². The summed E-state index contributed by atoms with van der Waals surface area (Å²) in [6, 6.07) is 24.8. The molecule has 0 spiro atoms. The molecule has 0 radical (unpaired) electrons. The molecule has 1 heteroatoms. The van der Waals surface area contributed by atoms with Crippen LogP contribution in [0.15, 0.2) is 78.9 Å². The summed E-state index contributed by atoms with van der Waals surface area (Å²) >= 11 is 0. The zero-order chi connectivity index (χ0) is 13.1. The summed E-state index contributed by atoms with van der Waals surface area (Å²) in [6.07, 6.45) is 0. The van der Waals surface area contributed by atoms with Gasteiger partial charge in [-0.2, -0.15) is 0 Å². The van der Waals surface area contributed by atoms with Crippen LogP contribution in [-0.2, 0) is 0 Å². The van der Waals surface area contributed by atoms with Crippen molar-refractivity contribution < 1.29 is 4.39 Å². The first-order valence-electron chi connectivity index (χ1n) is 6.25. The standard InChI is InChI=1S/C18H13F/c19-18-13-7-6-12-17(18)16-11-5-4-10-15(16)14-8-2-1-3-9-14/h1-13H. The Labute approximate surface area is 112 Å². The van der Waals surface area contributed by atoms with Gasteiger partial charge in [-0.15, -0.1) is 0 Å². The minimum atomic E-state index is -0.189. The summed E-state index contributed by atoms with van der Waals surface area (Å²) in [5, 5.41) is 0. The van der Waals surface area contributed by atoms with E-state index in [1.54, 1.807) is 6.07 Å². The van der Waals surface area contributed by atoms with Crippen LogP contribution in [0.3, 0.4) is 0 Å². The van der Waals surface area contributed by atoms with Crippen LogP contribution in [0.1, 0.15) is 0 Å². The van der Waals surface area contributed by atoms with Crippen LogP contribution in [-0.4, -0.2) is 0 Å². The zero-order valence-corrected chi connectivity index (χ0v) is 10.4. The highest BCUT2D eigenvalue weighted by atomic mass is 19.1. The highest BCUT2D eigenvalue weighted by molar-refractivity contribution is 5.83. The molecule has 0 atom stereocenters. The first-order valence-corrected chi connectivity index (χ1v) is 6.25. The second kappa shape index (κ2) is 5.07. The molecule has 0 saturated heterocycles. The number of halogens is 1. The highest BCUT2D eigenvalue weighted by Crippen LogP contribution is 2.32. The van der Waals surface area contributed by atoms with Gasteiger partial charge in [0.1, 0.15) is 5.82 Å². The number of hydrogen-bond acceptors (Lipinski definition) is 0. The minimum Gasteiger partial charge on any atom is -0.206 e. The highest BCUT2D eigenvalue weighted by Gasteiger charge is 2.09. The van der Waals surface area contributed by atoms with Crippen LogP contribution in [0.25, 0.3) is 22.3 Å². The van der Waals surface area contributed by atoms with E-state index in [1.165, 1.54) is 6.07 Å². The van der Waals surface area contributed by atoms with Gasteiger partial charge < -0.3 is 0 Å². The molecule has 0 amide bonds. The third kappa shape index (κ3) is 2.27. The van der Waals surface area contributed by atoms with Crippen molar-refractivity contribution in [3.05, 3.63) is 84.7 Å². The minimum absolute atomic E-state index is 0.189. The third-order valence-corrected chi connectivity index (χ3v) is 3.18. The summed E-state index contributed by atoms with van der Waals surface area (Å²) in [5.41, 5.74) is 3.71. The molecule has 0 aromatic heterocycles. The first kappa shape index (κ1) is 11.7. The summed E-state index contributed by atoms with van der Waals surface area (Å²) in [7, 11) is 0. The molecular formula is C18H13F. The summed E-state index contributed by atoms with van der Waals surface area (Å²) in [5.74, 6) is -0.189. The summed E-state index contributed by atoms with van der Waals surface area (Å²) in [4.78, 5) is 0. The molecule has 3 aromatic carbocycles. The normalized spacial score (nSPS) is 10.4. The Morgan fingerprint density at radius 3 is 1.68 bits per heavy atom. The molecule has 0 saturated carbocycles. The molecular weight excluding hydrogens is 235 g/mol. The van der Waals surface area contributed by atoms with Crippen molar-refractivity contribution in [3.8, 4) is 22.3 Å². The average Bonchev–Trinajstić information content (AvgIpc) is 2.49. The lowest BCUT2D eigenvalue weighted by molar-refractivity contribution is 0.631. The van der Waals surface area contributed by atoms with E-state index < -0.39 is 0 Å². The lowest BCUT2D eigenvalue weighted by atomic mass is 9.94. The Kier molecular flexibility index (Phi) is 3.11. The Morgan fingerprint density at radius 1 is 0.474 bits per heavy atom. The maximum Gasteiger partial charge on any atom is 0.131 e. The van der Waals surface area contributed by atoms with Crippen molar-refractivity contribution in [2.75, 3.05) is 0 Å². The van der Waals surface area contributed by atoms with Crippen LogP contribution in [0.2, 0.25) is 0 Å². The van der Waals surface area contributed by atoms with Gasteiger partial charge in [-0.1, -0.05) is 72.8 Å². The molecule has 0 aliphatic rings. The van der Waals surface area contributed by atoms with Crippen molar-refractivity contribution >= 4 is 0 Å². The molecule has 0 bridgehead atoms. The van der Waals surface area contributed by atoms with Gasteiger partial charge in [0.2, 0.25) is 0 Å². The predicted molar refractivity (Wildman–Crippen MR) is 77.3 cm³/mol. The fourth-order valence-corrected chi connectivity index (χ4v) is 2.27. The van der Waals surface area contributed by atoms with Gasteiger partial charge in [0, 0.05) is 5.56 Å². The second-order valence-corrected chi connectivity index (χ2v) is 4.39. The number of benzene rings is 3. The van der Waals surface area contributed by atoms with Gasteiger partial charge in [0.25, 0.3) is 0 Å². The van der Waals surface area contributed by atoms with Crippen LogP contribution in [0, 0.1) is 5.82 Å². The van der Waals surface area contributed by atoms with E-state index in [-0.39, 0.29) is 5.82 Å². The molecule has 3 aromatic rings. The zero-order valence-electron chi connectivity index (χ0n) is 10.4. The fourth-order valence-electron chi connectivity index (χ4n) is 2.27. The van der Waals surface area contributed by atoms with E-state index in [1.807, 2.05) is 66.7 Å². The predicted octanol–water partition coefficient (Wildman–Crippen LogP) is 5.16. The number of rotatable bonds is 2. The molecule has 0 N–H and O–H groups in total. The largest absolute Gasteiger partial charge is 0.206 e. The van der Waals surface area contributed by atoms with E-state index >= 15 is 0 Å². The van der Waals surface area contributed by atoms with E-state index in [0.717, 1.165) is 16.7 Å². The van der Waals surface area contributed by atoms with Gasteiger partial charge >= 0.3 is 0 Å². The molecule has 3 rings (SSSR count). The van der Waals surface area contributed by atoms with Gasteiger partial charge in [0.05, 0.1) is 0 Å². The van der Waals surface area contributed by atoms with Gasteiger partial charge in [-0.3, -0.25) is 0 Å². The molecule has 19 heavy (non-hydrogen) atoms. The fraction of sp³-hybridized carbons (Fsp3) is 0. The van der Waals surface area contributed by atoms with Gasteiger partial charge in [-0.25, -0.2) is 4.39 Å². The Hall–Kier alpha value is -2.41. The Morgan fingerprint density at radius 2 is 1.00 bits per heavy atom. The topological polar surface area (TPSA) is 0 Å².